The van der Waals surface area contributed by atoms with Crippen LogP contribution in [0.5, 0.6) is 5.88 Å². The summed E-state index contributed by atoms with van der Waals surface area (Å²) in [6.07, 6.45) is 0.838. The predicted octanol–water partition coefficient (Wildman–Crippen LogP) is 7.73. The van der Waals surface area contributed by atoms with E-state index in [1.807, 2.05) is 25.7 Å². The highest BCUT2D eigenvalue weighted by Gasteiger charge is 2.48. The van der Waals surface area contributed by atoms with Crippen LogP contribution in [0.1, 0.15) is 78.1 Å². The van der Waals surface area contributed by atoms with E-state index in [1.54, 1.807) is 0 Å². The summed E-state index contributed by atoms with van der Waals surface area (Å²) in [6.45, 7) is 20.1. The number of carbonyl (C=O) groups excluding carboxylic acids is 2. The molecule has 3 rings (SSSR count). The Kier molecular flexibility index (Phi) is 12.9. The largest absolute Gasteiger partial charge is 0.476 e. The van der Waals surface area contributed by atoms with Crippen molar-refractivity contribution in [2.24, 2.45) is 16.3 Å². The highest BCUT2D eigenvalue weighted by atomic mass is 35.5. The lowest BCUT2D eigenvalue weighted by molar-refractivity contribution is -0.219. The summed E-state index contributed by atoms with van der Waals surface area (Å²) in [5, 5.41) is 7.53. The number of hydrogen-bond donors (Lipinski definition) is 2. The second kappa shape index (κ2) is 15.9. The number of rotatable bonds is 12. The van der Waals surface area contributed by atoms with Crippen LogP contribution in [0.15, 0.2) is 54.4 Å². The fourth-order valence-electron chi connectivity index (χ4n) is 4.85. The molecular formula is C33H45ClF3N7O4S. The lowest BCUT2D eigenvalue weighted by Gasteiger charge is -2.33. The second-order valence-corrected chi connectivity index (χ2v) is 15.1. The van der Waals surface area contributed by atoms with Crippen molar-refractivity contribution in [3.8, 4) is 11.7 Å². The Hall–Kier alpha value is -3.72. The molecule has 0 radical (unpaired) electrons. The maximum absolute atomic E-state index is 13.1. The van der Waals surface area contributed by atoms with Crippen LogP contribution in [0, 0.1) is 11.3 Å². The van der Waals surface area contributed by atoms with Crippen LogP contribution in [0.25, 0.3) is 5.82 Å². The van der Waals surface area contributed by atoms with Crippen molar-refractivity contribution in [2.45, 2.75) is 85.0 Å². The van der Waals surface area contributed by atoms with Gasteiger partial charge in [-0.2, -0.15) is 13.2 Å². The maximum atomic E-state index is 13.1. The average Bonchev–Trinajstić information content (AvgIpc) is 3.58. The van der Waals surface area contributed by atoms with E-state index < -0.39 is 29.7 Å². The van der Waals surface area contributed by atoms with Crippen LogP contribution in [0.3, 0.4) is 0 Å². The van der Waals surface area contributed by atoms with Gasteiger partial charge in [-0.25, -0.2) is 19.5 Å². The number of carbonyl (C=O) groups is 2. The minimum atomic E-state index is -4.44. The summed E-state index contributed by atoms with van der Waals surface area (Å²) in [7, 11) is 0. The fourth-order valence-corrected chi connectivity index (χ4v) is 5.63. The highest BCUT2D eigenvalue weighted by molar-refractivity contribution is 8.13. The molecule has 16 heteroatoms. The zero-order chi connectivity index (χ0) is 36.8. The number of nitrogens with zero attached hydrogens (tertiary/aromatic N) is 5. The van der Waals surface area contributed by atoms with Crippen molar-refractivity contribution in [2.75, 3.05) is 19.7 Å². The molecule has 1 saturated heterocycles. The minimum absolute atomic E-state index is 0.0229. The Morgan fingerprint density at radius 2 is 1.90 bits per heavy atom. The molecule has 1 aliphatic heterocycles. The van der Waals surface area contributed by atoms with E-state index in [0.717, 1.165) is 45.1 Å². The first-order chi connectivity index (χ1) is 22.6. The van der Waals surface area contributed by atoms with Crippen molar-refractivity contribution < 1.29 is 32.2 Å². The first kappa shape index (κ1) is 39.7. The van der Waals surface area contributed by atoms with Crippen LogP contribution in [-0.2, 0) is 4.74 Å². The van der Waals surface area contributed by atoms with Crippen molar-refractivity contribution in [1.29, 1.82) is 0 Å². The third-order valence-electron chi connectivity index (χ3n) is 7.59. The molecule has 11 nitrogen and oxygen atoms in total. The molecule has 0 saturated carbocycles. The molecule has 2 aromatic heterocycles. The molecule has 1 fully saturated rings. The lowest BCUT2D eigenvalue weighted by atomic mass is 9.93. The molecule has 2 aromatic rings. The van der Waals surface area contributed by atoms with E-state index in [0.29, 0.717) is 29.9 Å². The number of likely N-dealkylation sites (tertiary alicyclic amines) is 1. The number of nitrogens with one attached hydrogen (secondary N) is 2. The standard InChI is InChI=1S/C33H45ClF3N7O4S/c1-10-26(39-21(2)38-16-11-12-22-18-32(8,9)43(19-22)29(46)48-30(3,4)5)49-42-28(45)23-13-14-24(40-27(23)34)44-17-15-25(41-44)47-20-31(6,7)33(35,36)37/h10,13-15,17,22,38H,1-2,11-12,16,18-20H2,3-9H3,(H,42,45)/b39-26+. The number of amides is 2. The highest BCUT2D eigenvalue weighted by Crippen LogP contribution is 2.38. The number of aromatic nitrogens is 3. The predicted molar refractivity (Wildman–Crippen MR) is 186 cm³/mol. The Morgan fingerprint density at radius 3 is 2.51 bits per heavy atom. The van der Waals surface area contributed by atoms with Gasteiger partial charge in [0.25, 0.3) is 5.91 Å². The smallest absolute Gasteiger partial charge is 0.410 e. The van der Waals surface area contributed by atoms with Gasteiger partial charge in [0.2, 0.25) is 5.88 Å². The average molecular weight is 728 g/mol. The molecule has 0 spiro atoms. The molecule has 0 aliphatic carbocycles. The van der Waals surface area contributed by atoms with Gasteiger partial charge in [-0.1, -0.05) is 24.8 Å². The molecule has 2 N–H and O–H groups in total. The maximum Gasteiger partial charge on any atom is 0.410 e. The topological polar surface area (TPSA) is 123 Å². The third-order valence-corrected chi connectivity index (χ3v) is 8.63. The Balaban J connectivity index is 1.46. The normalized spacial score (nSPS) is 16.7. The Labute approximate surface area is 294 Å². The Morgan fingerprint density at radius 1 is 1.20 bits per heavy atom. The number of hydrogen-bond acceptors (Lipinski definition) is 9. The molecule has 0 aromatic carbocycles. The number of aliphatic imine (C=N–C) groups is 1. The number of ether oxygens (including phenoxy) is 2. The van der Waals surface area contributed by atoms with Gasteiger partial charge in [-0.15, -0.1) is 5.10 Å². The first-order valence-corrected chi connectivity index (χ1v) is 16.8. The summed E-state index contributed by atoms with van der Waals surface area (Å²) < 4.78 is 54.1. The van der Waals surface area contributed by atoms with E-state index in [4.69, 9.17) is 21.1 Å². The molecule has 1 aliphatic rings. The zero-order valence-electron chi connectivity index (χ0n) is 28.9. The van der Waals surface area contributed by atoms with Crippen LogP contribution < -0.4 is 14.8 Å². The van der Waals surface area contributed by atoms with E-state index in [9.17, 15) is 22.8 Å². The van der Waals surface area contributed by atoms with Crippen LogP contribution in [-0.4, -0.2) is 73.7 Å². The molecule has 1 atom stereocenters. The van der Waals surface area contributed by atoms with E-state index >= 15 is 0 Å². The van der Waals surface area contributed by atoms with Crippen molar-refractivity contribution >= 4 is 40.6 Å². The minimum Gasteiger partial charge on any atom is -0.476 e. The fraction of sp³-hybridized carbons (Fsp3) is 0.545. The molecule has 0 bridgehead atoms. The molecule has 3 heterocycles. The molecule has 1 unspecified atom stereocenters. The van der Waals surface area contributed by atoms with Gasteiger partial charge >= 0.3 is 12.3 Å². The van der Waals surface area contributed by atoms with Crippen LogP contribution >= 0.6 is 23.5 Å². The van der Waals surface area contributed by atoms with Crippen molar-refractivity contribution in [1.82, 2.24) is 29.7 Å². The molecular weight excluding hydrogens is 683 g/mol. The van der Waals surface area contributed by atoms with Gasteiger partial charge in [0.05, 0.1) is 11.0 Å². The third kappa shape index (κ3) is 11.4. The van der Waals surface area contributed by atoms with E-state index in [2.05, 4.69) is 52.1 Å². The van der Waals surface area contributed by atoms with Crippen LogP contribution in [0.2, 0.25) is 5.15 Å². The zero-order valence-corrected chi connectivity index (χ0v) is 30.5. The van der Waals surface area contributed by atoms with Gasteiger partial charge in [0.1, 0.15) is 28.2 Å². The summed E-state index contributed by atoms with van der Waals surface area (Å²) in [5.74, 6) is 0.409. The quantitative estimate of drug-likeness (QED) is 0.0749. The number of pyridine rings is 1. The first-order valence-electron chi connectivity index (χ1n) is 15.7. The van der Waals surface area contributed by atoms with Gasteiger partial charge in [-0.05, 0) is 91.9 Å². The van der Waals surface area contributed by atoms with Crippen molar-refractivity contribution in [3.05, 3.63) is 60.2 Å². The van der Waals surface area contributed by atoms with Crippen LogP contribution in [0.4, 0.5) is 18.0 Å². The summed E-state index contributed by atoms with van der Waals surface area (Å²) in [5.41, 5.74) is -2.81. The lowest BCUT2D eigenvalue weighted by Crippen LogP contribution is -2.45. The van der Waals surface area contributed by atoms with Gasteiger partial charge < -0.3 is 19.7 Å². The molecule has 49 heavy (non-hydrogen) atoms. The summed E-state index contributed by atoms with van der Waals surface area (Å²) in [6, 6.07) is 4.33. The van der Waals surface area contributed by atoms with Gasteiger partial charge in [0.15, 0.2) is 5.82 Å². The monoisotopic (exact) mass is 727 g/mol. The summed E-state index contributed by atoms with van der Waals surface area (Å²) >= 11 is 7.21. The number of alkyl halides is 3. The second-order valence-electron chi connectivity index (χ2n) is 14.0. The van der Waals surface area contributed by atoms with Crippen molar-refractivity contribution in [3.63, 3.8) is 0 Å². The number of halogens is 4. The van der Waals surface area contributed by atoms with Gasteiger partial charge in [0, 0.05) is 42.8 Å². The Bertz CT molecular complexity index is 1550. The summed E-state index contributed by atoms with van der Waals surface area (Å²) in [4.78, 5) is 35.9. The molecule has 2 amide bonds. The van der Waals surface area contributed by atoms with E-state index in [1.165, 1.54) is 35.2 Å². The van der Waals surface area contributed by atoms with Gasteiger partial charge in [-0.3, -0.25) is 9.52 Å². The van der Waals surface area contributed by atoms with E-state index in [-0.39, 0.29) is 34.0 Å². The molecule has 270 valence electrons. The SMILES string of the molecule is C=C/C(=N\C(=C)NCCCC1CN(C(=O)OC(C)(C)C)C(C)(C)C1)SNC(=O)c1ccc(-n2ccc(OCC(C)(C)C(F)(F)F)n2)nc1Cl.